The number of carbonyl (C=O) groups excluding carboxylic acids is 1. The minimum absolute atomic E-state index is 0.260. The van der Waals surface area contributed by atoms with Gasteiger partial charge in [-0.1, -0.05) is 0 Å². The van der Waals surface area contributed by atoms with Crippen LogP contribution in [0, 0.1) is 5.92 Å². The highest BCUT2D eigenvalue weighted by Gasteiger charge is 2.35. The van der Waals surface area contributed by atoms with Crippen LogP contribution >= 0.6 is 0 Å². The predicted octanol–water partition coefficient (Wildman–Crippen LogP) is -0.112. The average molecular weight is 211 g/mol. The zero-order chi connectivity index (χ0) is 10.8. The largest absolute Gasteiger partial charge is 0.338 e. The van der Waals surface area contributed by atoms with Gasteiger partial charge in [-0.05, 0) is 39.4 Å². The molecular weight excluding hydrogens is 190 g/mol. The quantitative estimate of drug-likeness (QED) is 0.693. The first-order valence-electron chi connectivity index (χ1n) is 5.91. The molecular formula is C11H21N3O. The minimum Gasteiger partial charge on any atom is -0.338 e. The summed E-state index contributed by atoms with van der Waals surface area (Å²) >= 11 is 0. The van der Waals surface area contributed by atoms with Crippen molar-refractivity contribution in [3.05, 3.63) is 0 Å². The minimum atomic E-state index is 0.260. The number of piperidine rings is 1. The van der Waals surface area contributed by atoms with Crippen molar-refractivity contribution in [2.75, 3.05) is 33.2 Å². The van der Waals surface area contributed by atoms with Crippen LogP contribution in [0.4, 0.5) is 0 Å². The Morgan fingerprint density at radius 3 is 2.40 bits per heavy atom. The normalized spacial score (nSPS) is 28.9. The van der Waals surface area contributed by atoms with E-state index in [0.29, 0.717) is 18.5 Å². The van der Waals surface area contributed by atoms with E-state index in [9.17, 15) is 4.79 Å². The molecule has 15 heavy (non-hydrogen) atoms. The van der Waals surface area contributed by atoms with Crippen molar-refractivity contribution in [2.24, 2.45) is 11.7 Å². The van der Waals surface area contributed by atoms with Crippen molar-refractivity contribution in [1.29, 1.82) is 0 Å². The fraction of sp³-hybridized carbons (Fsp3) is 0.909. The molecule has 1 amide bonds. The number of nitrogens with two attached hydrogens (primary N) is 1. The van der Waals surface area contributed by atoms with Crippen molar-refractivity contribution in [3.8, 4) is 0 Å². The molecule has 0 bridgehead atoms. The van der Waals surface area contributed by atoms with Crippen LogP contribution in [-0.4, -0.2) is 55.0 Å². The van der Waals surface area contributed by atoms with Crippen LogP contribution in [0.3, 0.4) is 0 Å². The summed E-state index contributed by atoms with van der Waals surface area (Å²) in [5, 5.41) is 0. The maximum absolute atomic E-state index is 12.1. The van der Waals surface area contributed by atoms with Crippen LogP contribution in [0.5, 0.6) is 0 Å². The molecule has 0 saturated carbocycles. The van der Waals surface area contributed by atoms with Crippen molar-refractivity contribution in [3.63, 3.8) is 0 Å². The van der Waals surface area contributed by atoms with Gasteiger partial charge in [0.25, 0.3) is 0 Å². The van der Waals surface area contributed by atoms with E-state index in [1.54, 1.807) is 0 Å². The summed E-state index contributed by atoms with van der Waals surface area (Å²) in [6.45, 7) is 3.65. The Morgan fingerprint density at radius 1 is 1.27 bits per heavy atom. The lowest BCUT2D eigenvalue weighted by molar-refractivity contribution is -0.144. The third-order valence-electron chi connectivity index (χ3n) is 3.77. The van der Waals surface area contributed by atoms with E-state index in [0.717, 1.165) is 38.9 Å². The summed E-state index contributed by atoms with van der Waals surface area (Å²) in [5.41, 5.74) is 5.61. The molecule has 2 rings (SSSR count). The molecule has 0 aromatic rings. The highest BCUT2D eigenvalue weighted by Crippen LogP contribution is 2.24. The van der Waals surface area contributed by atoms with Gasteiger partial charge in [-0.2, -0.15) is 0 Å². The summed E-state index contributed by atoms with van der Waals surface area (Å²) in [5.74, 6) is 0.611. The lowest BCUT2D eigenvalue weighted by atomic mass is 9.92. The van der Waals surface area contributed by atoms with Crippen LogP contribution in [0.2, 0.25) is 0 Å². The topological polar surface area (TPSA) is 49.6 Å². The van der Waals surface area contributed by atoms with Crippen LogP contribution in [0.25, 0.3) is 0 Å². The van der Waals surface area contributed by atoms with Gasteiger partial charge in [0.1, 0.15) is 0 Å². The molecule has 2 aliphatic heterocycles. The zero-order valence-corrected chi connectivity index (χ0v) is 9.48. The fourth-order valence-electron chi connectivity index (χ4n) is 2.47. The number of nitrogens with zero attached hydrogens (tertiary/aromatic N) is 2. The van der Waals surface area contributed by atoms with Crippen LogP contribution in [0.15, 0.2) is 0 Å². The molecule has 0 aromatic heterocycles. The maximum Gasteiger partial charge on any atom is 0.226 e. The van der Waals surface area contributed by atoms with Crippen molar-refractivity contribution >= 4 is 5.91 Å². The van der Waals surface area contributed by atoms with E-state index in [2.05, 4.69) is 11.9 Å². The van der Waals surface area contributed by atoms with E-state index in [1.807, 2.05) is 4.90 Å². The molecule has 0 radical (unpaired) electrons. The molecule has 2 N–H and O–H groups in total. The van der Waals surface area contributed by atoms with Crippen LogP contribution in [0.1, 0.15) is 19.3 Å². The van der Waals surface area contributed by atoms with E-state index >= 15 is 0 Å². The summed E-state index contributed by atoms with van der Waals surface area (Å²) in [7, 11) is 2.12. The second-order valence-corrected chi connectivity index (χ2v) is 4.79. The molecule has 86 valence electrons. The molecule has 0 aromatic carbocycles. The molecule has 4 nitrogen and oxygen atoms in total. The number of hydrogen-bond acceptors (Lipinski definition) is 3. The predicted molar refractivity (Wildman–Crippen MR) is 59.4 cm³/mol. The van der Waals surface area contributed by atoms with Gasteiger partial charge in [0.05, 0.1) is 0 Å². The summed E-state index contributed by atoms with van der Waals surface area (Å²) < 4.78 is 0. The summed E-state index contributed by atoms with van der Waals surface area (Å²) in [6.07, 6.45) is 3.13. The fourth-order valence-corrected chi connectivity index (χ4v) is 2.47. The van der Waals surface area contributed by atoms with Gasteiger partial charge in [-0.15, -0.1) is 0 Å². The average Bonchev–Trinajstić information content (AvgIpc) is 2.17. The third kappa shape index (κ3) is 2.16. The molecule has 2 saturated heterocycles. The SMILES string of the molecule is CN1CCC(C(=O)N2CCC2CN)CC1. The number of rotatable bonds is 2. The molecule has 2 aliphatic rings. The van der Waals surface area contributed by atoms with E-state index in [-0.39, 0.29) is 5.92 Å². The van der Waals surface area contributed by atoms with E-state index in [1.165, 1.54) is 0 Å². The molecule has 2 fully saturated rings. The number of hydrogen-bond donors (Lipinski definition) is 1. The molecule has 0 spiro atoms. The third-order valence-corrected chi connectivity index (χ3v) is 3.77. The van der Waals surface area contributed by atoms with Crippen LogP contribution in [-0.2, 0) is 4.79 Å². The molecule has 2 heterocycles. The Kier molecular flexibility index (Phi) is 3.26. The van der Waals surface area contributed by atoms with Gasteiger partial charge in [0.15, 0.2) is 0 Å². The van der Waals surface area contributed by atoms with Gasteiger partial charge >= 0.3 is 0 Å². The van der Waals surface area contributed by atoms with Crippen molar-refractivity contribution in [2.45, 2.75) is 25.3 Å². The lowest BCUT2D eigenvalue weighted by Crippen LogP contribution is -2.57. The Balaban J connectivity index is 1.85. The van der Waals surface area contributed by atoms with Gasteiger partial charge in [0.2, 0.25) is 5.91 Å². The first kappa shape index (κ1) is 10.9. The Labute approximate surface area is 91.4 Å². The molecule has 1 atom stereocenters. The standard InChI is InChI=1S/C11H21N3O/c1-13-5-2-9(3-6-13)11(15)14-7-4-10(14)8-12/h9-10H,2-8,12H2,1H3. The Bertz CT molecular complexity index is 234. The highest BCUT2D eigenvalue weighted by atomic mass is 16.2. The highest BCUT2D eigenvalue weighted by molar-refractivity contribution is 5.80. The summed E-state index contributed by atoms with van der Waals surface area (Å²) in [4.78, 5) is 16.4. The molecule has 0 aliphatic carbocycles. The first-order chi connectivity index (χ1) is 7.22. The van der Waals surface area contributed by atoms with Gasteiger partial charge in [-0.25, -0.2) is 0 Å². The molecule has 4 heteroatoms. The Morgan fingerprint density at radius 2 is 1.93 bits per heavy atom. The van der Waals surface area contributed by atoms with E-state index < -0.39 is 0 Å². The molecule has 1 unspecified atom stereocenters. The van der Waals surface area contributed by atoms with Crippen molar-refractivity contribution < 1.29 is 4.79 Å². The second kappa shape index (κ2) is 4.49. The zero-order valence-electron chi connectivity index (χ0n) is 9.48. The second-order valence-electron chi connectivity index (χ2n) is 4.79. The maximum atomic E-state index is 12.1. The number of amides is 1. The van der Waals surface area contributed by atoms with Gasteiger partial charge in [0, 0.05) is 25.0 Å². The van der Waals surface area contributed by atoms with Gasteiger partial charge in [-0.3, -0.25) is 4.79 Å². The van der Waals surface area contributed by atoms with Crippen molar-refractivity contribution in [1.82, 2.24) is 9.80 Å². The number of likely N-dealkylation sites (tertiary alicyclic amines) is 2. The number of carbonyl (C=O) groups is 1. The monoisotopic (exact) mass is 211 g/mol. The smallest absolute Gasteiger partial charge is 0.226 e. The van der Waals surface area contributed by atoms with Gasteiger partial charge < -0.3 is 15.5 Å². The first-order valence-corrected chi connectivity index (χ1v) is 5.91. The Hall–Kier alpha value is -0.610. The van der Waals surface area contributed by atoms with E-state index in [4.69, 9.17) is 5.73 Å². The lowest BCUT2D eigenvalue weighted by Gasteiger charge is -2.43. The summed E-state index contributed by atoms with van der Waals surface area (Å²) in [6, 6.07) is 0.331. The van der Waals surface area contributed by atoms with Crippen LogP contribution < -0.4 is 5.73 Å².